The number of piperidine rings is 1. The largest absolute Gasteiger partial charge is 0.393 e. The molecule has 1 unspecified atom stereocenters. The zero-order valence-corrected chi connectivity index (χ0v) is 17.1. The van der Waals surface area contributed by atoms with Gasteiger partial charge in [0.15, 0.2) is 9.84 Å². The van der Waals surface area contributed by atoms with Crippen molar-refractivity contribution in [2.45, 2.75) is 62.8 Å². The molecule has 0 N–H and O–H groups in total. The summed E-state index contributed by atoms with van der Waals surface area (Å²) in [5, 5.41) is -0.606. The van der Waals surface area contributed by atoms with Crippen LogP contribution in [0.5, 0.6) is 0 Å². The average Bonchev–Trinajstić information content (AvgIpc) is 2.61. The molecule has 27 heavy (non-hydrogen) atoms. The number of benzene rings is 1. The zero-order chi connectivity index (χ0) is 20.2. The number of nitrogens with zero attached hydrogens (tertiary/aromatic N) is 1. The summed E-state index contributed by atoms with van der Waals surface area (Å²) in [6, 6.07) is 5.97. The summed E-state index contributed by atoms with van der Waals surface area (Å²) in [6.07, 6.45) is -1.53. The Kier molecular flexibility index (Phi) is 7.36. The molecular weight excluding hydrogens is 375 g/mol. The normalized spacial score (nSPS) is 18.8. The standard InChI is InChI=1S/C20H30F3NO2S/c1-4-16-8-10-24(11-9-16)14-18(20(21,22)23)12-17-6-5-7-19(13-17)27(25,26)15(2)3/h5-7,13,15-16,18H,4,8-12,14H2,1-3H3. The molecule has 0 aliphatic carbocycles. The van der Waals surface area contributed by atoms with E-state index in [2.05, 4.69) is 6.92 Å². The maximum Gasteiger partial charge on any atom is 0.393 e. The summed E-state index contributed by atoms with van der Waals surface area (Å²) in [5.41, 5.74) is 0.419. The van der Waals surface area contributed by atoms with Crippen LogP contribution < -0.4 is 0 Å². The number of likely N-dealkylation sites (tertiary alicyclic amines) is 1. The molecule has 1 aliphatic rings. The molecule has 0 aromatic heterocycles. The van der Waals surface area contributed by atoms with E-state index < -0.39 is 27.2 Å². The highest BCUT2D eigenvalue weighted by Crippen LogP contribution is 2.32. The minimum Gasteiger partial charge on any atom is -0.303 e. The minimum absolute atomic E-state index is 0.0267. The summed E-state index contributed by atoms with van der Waals surface area (Å²) >= 11 is 0. The molecule has 0 saturated carbocycles. The molecule has 7 heteroatoms. The summed E-state index contributed by atoms with van der Waals surface area (Å²) in [6.45, 7) is 6.64. The van der Waals surface area contributed by atoms with Gasteiger partial charge in [0.05, 0.1) is 16.1 Å². The van der Waals surface area contributed by atoms with Crippen molar-refractivity contribution in [2.75, 3.05) is 19.6 Å². The van der Waals surface area contributed by atoms with Crippen molar-refractivity contribution in [2.24, 2.45) is 11.8 Å². The van der Waals surface area contributed by atoms with Crippen molar-refractivity contribution in [3.05, 3.63) is 29.8 Å². The third-order valence-corrected chi connectivity index (χ3v) is 7.71. The number of alkyl halides is 3. The third kappa shape index (κ3) is 5.95. The van der Waals surface area contributed by atoms with E-state index in [1.54, 1.807) is 19.9 Å². The molecular formula is C20H30F3NO2S. The Morgan fingerprint density at radius 1 is 1.19 bits per heavy atom. The van der Waals surface area contributed by atoms with Gasteiger partial charge in [0.1, 0.15) is 0 Å². The highest BCUT2D eigenvalue weighted by atomic mass is 32.2. The van der Waals surface area contributed by atoms with Gasteiger partial charge in [-0.3, -0.25) is 0 Å². The lowest BCUT2D eigenvalue weighted by Gasteiger charge is -2.34. The van der Waals surface area contributed by atoms with Gasteiger partial charge in [-0.1, -0.05) is 25.5 Å². The minimum atomic E-state index is -4.31. The zero-order valence-electron chi connectivity index (χ0n) is 16.3. The molecule has 1 aliphatic heterocycles. The molecule has 1 atom stereocenters. The molecule has 0 radical (unpaired) electrons. The summed E-state index contributed by atoms with van der Waals surface area (Å²) in [5.74, 6) is -0.879. The van der Waals surface area contributed by atoms with Gasteiger partial charge in [-0.15, -0.1) is 0 Å². The maximum absolute atomic E-state index is 13.6. The second kappa shape index (κ2) is 8.95. The lowest BCUT2D eigenvalue weighted by atomic mass is 9.92. The average molecular weight is 406 g/mol. The molecule has 0 bridgehead atoms. The van der Waals surface area contributed by atoms with Crippen LogP contribution >= 0.6 is 0 Å². The molecule has 2 rings (SSSR count). The lowest BCUT2D eigenvalue weighted by molar-refractivity contribution is -0.179. The van der Waals surface area contributed by atoms with Crippen molar-refractivity contribution in [1.29, 1.82) is 0 Å². The predicted molar refractivity (Wildman–Crippen MR) is 101 cm³/mol. The van der Waals surface area contributed by atoms with Crippen molar-refractivity contribution >= 4 is 9.84 Å². The molecule has 1 fully saturated rings. The van der Waals surface area contributed by atoms with Gasteiger partial charge in [-0.25, -0.2) is 8.42 Å². The Morgan fingerprint density at radius 2 is 1.81 bits per heavy atom. The van der Waals surface area contributed by atoms with Crippen molar-refractivity contribution < 1.29 is 21.6 Å². The highest BCUT2D eigenvalue weighted by Gasteiger charge is 2.40. The maximum atomic E-state index is 13.6. The Balaban J connectivity index is 2.13. The van der Waals surface area contributed by atoms with Crippen LogP contribution in [-0.4, -0.2) is 44.4 Å². The lowest BCUT2D eigenvalue weighted by Crippen LogP contribution is -2.42. The van der Waals surface area contributed by atoms with Crippen LogP contribution in [-0.2, 0) is 16.3 Å². The van der Waals surface area contributed by atoms with Gasteiger partial charge in [0, 0.05) is 6.54 Å². The predicted octanol–water partition coefficient (Wildman–Crippen LogP) is 4.71. The number of halogens is 3. The highest BCUT2D eigenvalue weighted by molar-refractivity contribution is 7.92. The van der Waals surface area contributed by atoms with Crippen LogP contribution in [0.2, 0.25) is 0 Å². The first kappa shape index (κ1) is 22.2. The fraction of sp³-hybridized carbons (Fsp3) is 0.700. The van der Waals surface area contributed by atoms with Gasteiger partial charge in [0.25, 0.3) is 0 Å². The first-order valence-corrected chi connectivity index (χ1v) is 11.2. The SMILES string of the molecule is CCC1CCN(CC(Cc2cccc(S(=O)(=O)C(C)C)c2)C(F)(F)F)CC1. The number of rotatable bonds is 7. The molecule has 154 valence electrons. The van der Waals surface area contributed by atoms with Crippen LogP contribution in [0.3, 0.4) is 0 Å². The first-order chi connectivity index (χ1) is 12.5. The quantitative estimate of drug-likeness (QED) is 0.659. The van der Waals surface area contributed by atoms with E-state index in [-0.39, 0.29) is 17.9 Å². The monoisotopic (exact) mass is 405 g/mol. The Labute approximate surface area is 160 Å². The van der Waals surface area contributed by atoms with E-state index in [1.807, 2.05) is 4.90 Å². The molecule has 0 amide bonds. The third-order valence-electron chi connectivity index (χ3n) is 5.56. The molecule has 1 saturated heterocycles. The van der Waals surface area contributed by atoms with Gasteiger partial charge in [0.2, 0.25) is 0 Å². The number of hydrogen-bond acceptors (Lipinski definition) is 3. The van der Waals surface area contributed by atoms with Crippen molar-refractivity contribution in [3.8, 4) is 0 Å². The molecule has 0 spiro atoms. The van der Waals surface area contributed by atoms with Crippen LogP contribution in [0.4, 0.5) is 13.2 Å². The Bertz CT molecular complexity index is 708. The van der Waals surface area contributed by atoms with Crippen LogP contribution in [0.1, 0.15) is 45.6 Å². The molecule has 3 nitrogen and oxygen atoms in total. The van der Waals surface area contributed by atoms with E-state index in [0.717, 1.165) is 19.3 Å². The fourth-order valence-electron chi connectivity index (χ4n) is 3.58. The van der Waals surface area contributed by atoms with E-state index in [9.17, 15) is 21.6 Å². The second-order valence-electron chi connectivity index (χ2n) is 7.84. The smallest absolute Gasteiger partial charge is 0.303 e. The van der Waals surface area contributed by atoms with Crippen LogP contribution in [0, 0.1) is 11.8 Å². The van der Waals surface area contributed by atoms with Gasteiger partial charge in [-0.05, 0) is 69.8 Å². The van der Waals surface area contributed by atoms with E-state index in [1.165, 1.54) is 18.2 Å². The molecule has 1 aromatic carbocycles. The molecule has 1 aromatic rings. The van der Waals surface area contributed by atoms with Gasteiger partial charge >= 0.3 is 6.18 Å². The number of sulfone groups is 1. The van der Waals surface area contributed by atoms with Crippen LogP contribution in [0.25, 0.3) is 0 Å². The van der Waals surface area contributed by atoms with Crippen LogP contribution in [0.15, 0.2) is 29.2 Å². The number of hydrogen-bond donors (Lipinski definition) is 0. The summed E-state index contributed by atoms with van der Waals surface area (Å²) in [7, 11) is -3.50. The van der Waals surface area contributed by atoms with E-state index in [4.69, 9.17) is 0 Å². The van der Waals surface area contributed by atoms with Gasteiger partial charge in [-0.2, -0.15) is 13.2 Å². The summed E-state index contributed by atoms with van der Waals surface area (Å²) < 4.78 is 65.5. The fourth-order valence-corrected chi connectivity index (χ4v) is 4.71. The Morgan fingerprint density at radius 3 is 2.33 bits per heavy atom. The van der Waals surface area contributed by atoms with Crippen molar-refractivity contribution in [3.63, 3.8) is 0 Å². The van der Waals surface area contributed by atoms with E-state index in [0.29, 0.717) is 24.6 Å². The van der Waals surface area contributed by atoms with E-state index >= 15 is 0 Å². The first-order valence-electron chi connectivity index (χ1n) is 9.66. The summed E-state index contributed by atoms with van der Waals surface area (Å²) in [4.78, 5) is 2.00. The van der Waals surface area contributed by atoms with Gasteiger partial charge < -0.3 is 4.90 Å². The van der Waals surface area contributed by atoms with Crippen molar-refractivity contribution in [1.82, 2.24) is 4.90 Å². The Hall–Kier alpha value is -1.08. The topological polar surface area (TPSA) is 37.4 Å². The second-order valence-corrected chi connectivity index (χ2v) is 10.3. The molecule has 1 heterocycles.